The zero-order chi connectivity index (χ0) is 9.12. The Morgan fingerprint density at radius 2 is 2.09 bits per heavy atom. The van der Waals surface area contributed by atoms with E-state index in [1.54, 1.807) is 0 Å². The van der Waals surface area contributed by atoms with Crippen molar-refractivity contribution in [2.75, 3.05) is 0 Å². The lowest BCUT2D eigenvalue weighted by Crippen LogP contribution is -2.40. The van der Waals surface area contributed by atoms with Crippen molar-refractivity contribution in [3.8, 4) is 0 Å². The molecule has 0 fully saturated rings. The molecule has 0 saturated carbocycles. The molecule has 0 heterocycles. The Bertz CT molecular complexity index is 140. The number of aliphatic hydroxyl groups is 1. The lowest BCUT2D eigenvalue weighted by Gasteiger charge is -2.27. The number of allylic oxidation sites excluding steroid dienone is 1. The Morgan fingerprint density at radius 3 is 2.36 bits per heavy atom. The van der Waals surface area contributed by atoms with Crippen molar-refractivity contribution in [2.45, 2.75) is 30.2 Å². The van der Waals surface area contributed by atoms with Gasteiger partial charge in [0.25, 0.3) is 0 Å². The van der Waals surface area contributed by atoms with Gasteiger partial charge in [-0.15, -0.1) is 6.58 Å². The summed E-state index contributed by atoms with van der Waals surface area (Å²) < 4.78 is 24.9. The van der Waals surface area contributed by atoms with Crippen molar-refractivity contribution in [2.24, 2.45) is 0 Å². The van der Waals surface area contributed by atoms with Crippen LogP contribution in [-0.2, 0) is 0 Å². The Morgan fingerprint density at radius 1 is 1.64 bits per heavy atom. The van der Waals surface area contributed by atoms with E-state index in [2.05, 4.69) is 22.5 Å². The van der Waals surface area contributed by atoms with Gasteiger partial charge in [-0.2, -0.15) is 8.78 Å². The van der Waals surface area contributed by atoms with E-state index in [0.717, 1.165) is 6.92 Å². The van der Waals surface area contributed by atoms with Gasteiger partial charge < -0.3 is 5.11 Å². The standard InChI is InChI=1S/C7H11BrF2O/c1-3-4-5-6(2,11)7(8,9)10/h3,11H,1,4-5H2,2H3. The maximum Gasteiger partial charge on any atom is 0.329 e. The number of rotatable bonds is 4. The first-order chi connectivity index (χ1) is 4.81. The first kappa shape index (κ1) is 11.0. The Labute approximate surface area is 73.2 Å². The van der Waals surface area contributed by atoms with Gasteiger partial charge in [-0.3, -0.25) is 0 Å². The third kappa shape index (κ3) is 3.29. The molecule has 1 nitrogen and oxygen atoms in total. The molecule has 1 N–H and O–H groups in total. The minimum Gasteiger partial charge on any atom is -0.383 e. The van der Waals surface area contributed by atoms with Crippen LogP contribution < -0.4 is 0 Å². The van der Waals surface area contributed by atoms with Crippen LogP contribution in [0, 0.1) is 0 Å². The van der Waals surface area contributed by atoms with Crippen LogP contribution in [0.25, 0.3) is 0 Å². The predicted octanol–water partition coefficient (Wildman–Crippen LogP) is 2.69. The molecule has 0 radical (unpaired) electrons. The van der Waals surface area contributed by atoms with Gasteiger partial charge in [0, 0.05) is 0 Å². The first-order valence-corrected chi connectivity index (χ1v) is 4.00. The second-order valence-corrected chi connectivity index (χ2v) is 3.59. The molecule has 66 valence electrons. The minimum absolute atomic E-state index is 0.00521. The van der Waals surface area contributed by atoms with Gasteiger partial charge in [0.15, 0.2) is 0 Å². The number of halogens is 3. The molecule has 0 aliphatic carbocycles. The van der Waals surface area contributed by atoms with Crippen LogP contribution in [0.15, 0.2) is 12.7 Å². The van der Waals surface area contributed by atoms with E-state index < -0.39 is 10.4 Å². The summed E-state index contributed by atoms with van der Waals surface area (Å²) in [5, 5.41) is 9.14. The number of hydrogen-bond donors (Lipinski definition) is 1. The third-order valence-electron chi connectivity index (χ3n) is 1.45. The van der Waals surface area contributed by atoms with E-state index >= 15 is 0 Å². The normalized spacial score (nSPS) is 17.5. The highest BCUT2D eigenvalue weighted by atomic mass is 79.9. The van der Waals surface area contributed by atoms with Gasteiger partial charge in [0.1, 0.15) is 5.60 Å². The minimum atomic E-state index is -3.23. The van der Waals surface area contributed by atoms with Gasteiger partial charge >= 0.3 is 4.83 Å². The molecule has 11 heavy (non-hydrogen) atoms. The Balaban J connectivity index is 4.10. The molecule has 0 aliphatic heterocycles. The van der Waals surface area contributed by atoms with E-state index in [9.17, 15) is 8.78 Å². The average molecular weight is 229 g/mol. The smallest absolute Gasteiger partial charge is 0.329 e. The van der Waals surface area contributed by atoms with Gasteiger partial charge in [-0.05, 0) is 35.7 Å². The topological polar surface area (TPSA) is 20.2 Å². The van der Waals surface area contributed by atoms with Crippen molar-refractivity contribution in [3.05, 3.63) is 12.7 Å². The third-order valence-corrected chi connectivity index (χ3v) is 2.30. The Hall–Kier alpha value is 0.0400. The molecule has 0 aromatic carbocycles. The highest BCUT2D eigenvalue weighted by molar-refractivity contribution is 9.10. The summed E-state index contributed by atoms with van der Waals surface area (Å²) in [6.07, 6.45) is 1.86. The van der Waals surface area contributed by atoms with Gasteiger partial charge in [-0.25, -0.2) is 0 Å². The van der Waals surface area contributed by atoms with E-state index in [-0.39, 0.29) is 6.42 Å². The highest BCUT2D eigenvalue weighted by Crippen LogP contribution is 2.37. The molecule has 4 heteroatoms. The first-order valence-electron chi connectivity index (χ1n) is 3.21. The summed E-state index contributed by atoms with van der Waals surface area (Å²) in [6.45, 7) is 4.46. The van der Waals surface area contributed by atoms with E-state index in [1.165, 1.54) is 6.08 Å². The second kappa shape index (κ2) is 3.63. The Kier molecular flexibility index (Phi) is 3.64. The molecule has 0 aromatic rings. The van der Waals surface area contributed by atoms with Crippen LogP contribution >= 0.6 is 15.9 Å². The van der Waals surface area contributed by atoms with Crippen molar-refractivity contribution >= 4 is 15.9 Å². The fourth-order valence-electron chi connectivity index (χ4n) is 0.525. The number of hydrogen-bond acceptors (Lipinski definition) is 1. The molecule has 1 atom stereocenters. The maximum absolute atomic E-state index is 12.5. The highest BCUT2D eigenvalue weighted by Gasteiger charge is 2.45. The summed E-state index contributed by atoms with van der Waals surface area (Å²) in [6, 6.07) is 0. The quantitative estimate of drug-likeness (QED) is 0.580. The van der Waals surface area contributed by atoms with Gasteiger partial charge in [0.2, 0.25) is 0 Å². The predicted molar refractivity (Wildman–Crippen MR) is 43.9 cm³/mol. The summed E-state index contributed by atoms with van der Waals surface area (Å²) in [7, 11) is 0. The SMILES string of the molecule is C=CCCC(C)(O)C(F)(F)Br. The summed E-state index contributed by atoms with van der Waals surface area (Å²) in [4.78, 5) is -3.23. The largest absolute Gasteiger partial charge is 0.383 e. The van der Waals surface area contributed by atoms with Gasteiger partial charge in [-0.1, -0.05) is 6.08 Å². The van der Waals surface area contributed by atoms with Crippen LogP contribution in [0.4, 0.5) is 8.78 Å². The van der Waals surface area contributed by atoms with Crippen LogP contribution in [0.5, 0.6) is 0 Å². The van der Waals surface area contributed by atoms with Crippen molar-refractivity contribution in [1.82, 2.24) is 0 Å². The molecule has 0 spiro atoms. The lowest BCUT2D eigenvalue weighted by atomic mass is 10.0. The van der Waals surface area contributed by atoms with Crippen molar-refractivity contribution < 1.29 is 13.9 Å². The molecule has 1 unspecified atom stereocenters. The molecule has 0 saturated heterocycles. The molecule has 0 aliphatic rings. The average Bonchev–Trinajstić information content (AvgIpc) is 1.81. The number of alkyl halides is 3. The monoisotopic (exact) mass is 228 g/mol. The zero-order valence-corrected chi connectivity index (χ0v) is 7.87. The van der Waals surface area contributed by atoms with E-state index in [0.29, 0.717) is 6.42 Å². The van der Waals surface area contributed by atoms with E-state index in [4.69, 9.17) is 5.11 Å². The summed E-state index contributed by atoms with van der Waals surface area (Å²) >= 11 is 2.11. The van der Waals surface area contributed by atoms with Crippen LogP contribution in [0.1, 0.15) is 19.8 Å². The summed E-state index contributed by atoms with van der Waals surface area (Å²) in [5.74, 6) is 0. The maximum atomic E-state index is 12.5. The molecule has 0 rings (SSSR count). The van der Waals surface area contributed by atoms with Gasteiger partial charge in [0.05, 0.1) is 0 Å². The van der Waals surface area contributed by atoms with Crippen LogP contribution in [0.2, 0.25) is 0 Å². The van der Waals surface area contributed by atoms with Crippen molar-refractivity contribution in [1.29, 1.82) is 0 Å². The fourth-order valence-corrected chi connectivity index (χ4v) is 0.723. The molecule has 0 amide bonds. The molecular weight excluding hydrogens is 218 g/mol. The van der Waals surface area contributed by atoms with E-state index in [1.807, 2.05) is 0 Å². The molecule has 0 bridgehead atoms. The lowest BCUT2D eigenvalue weighted by molar-refractivity contribution is -0.107. The summed E-state index contributed by atoms with van der Waals surface area (Å²) in [5.41, 5.74) is -2.00. The molecule has 0 aromatic heterocycles. The van der Waals surface area contributed by atoms with Crippen LogP contribution in [0.3, 0.4) is 0 Å². The fraction of sp³-hybridized carbons (Fsp3) is 0.714. The van der Waals surface area contributed by atoms with Crippen molar-refractivity contribution in [3.63, 3.8) is 0 Å². The van der Waals surface area contributed by atoms with Crippen LogP contribution in [-0.4, -0.2) is 15.5 Å². The second-order valence-electron chi connectivity index (χ2n) is 2.60. The molecular formula is C7H11BrF2O. The zero-order valence-electron chi connectivity index (χ0n) is 6.28.